The number of imidazole rings is 1. The molecule has 9 N–H and O–H groups in total. The molecule has 184 valence electrons. The van der Waals surface area contributed by atoms with E-state index in [9.17, 15) is 29.1 Å². The van der Waals surface area contributed by atoms with Gasteiger partial charge in [-0.05, 0) is 12.3 Å². The Morgan fingerprint density at radius 1 is 1.03 bits per heavy atom. The SMILES string of the molecule is CC(C)C(NC(=O)C(N)CO)C(=O)NC(CCC(=O)O)C(=O)NC(Cc1cnc[nH]1)C(=O)O. The van der Waals surface area contributed by atoms with Gasteiger partial charge in [-0.3, -0.25) is 19.2 Å². The van der Waals surface area contributed by atoms with Gasteiger partial charge in [0.15, 0.2) is 0 Å². The van der Waals surface area contributed by atoms with Gasteiger partial charge in [-0.25, -0.2) is 9.78 Å². The number of H-pyrrole nitrogens is 1. The number of nitrogens with zero attached hydrogens (tertiary/aromatic N) is 1. The van der Waals surface area contributed by atoms with Crippen molar-refractivity contribution in [1.82, 2.24) is 25.9 Å². The molecule has 1 aromatic heterocycles. The first-order valence-electron chi connectivity index (χ1n) is 10.2. The average molecular weight is 470 g/mol. The molecule has 0 saturated carbocycles. The van der Waals surface area contributed by atoms with Crippen LogP contribution in [0.2, 0.25) is 0 Å². The largest absolute Gasteiger partial charge is 0.481 e. The van der Waals surface area contributed by atoms with Crippen LogP contribution in [0.25, 0.3) is 0 Å². The number of aliphatic hydroxyl groups is 1. The number of carbonyl (C=O) groups is 5. The third-order valence-corrected chi connectivity index (χ3v) is 4.65. The number of nitrogens with two attached hydrogens (primary N) is 1. The van der Waals surface area contributed by atoms with E-state index in [0.29, 0.717) is 5.69 Å². The maximum Gasteiger partial charge on any atom is 0.326 e. The second-order valence-electron chi connectivity index (χ2n) is 7.69. The van der Waals surface area contributed by atoms with Crippen LogP contribution in [0.3, 0.4) is 0 Å². The molecule has 4 unspecified atom stereocenters. The van der Waals surface area contributed by atoms with Gasteiger partial charge in [0, 0.05) is 24.7 Å². The summed E-state index contributed by atoms with van der Waals surface area (Å²) < 4.78 is 0. The normalized spacial score (nSPS) is 14.6. The van der Waals surface area contributed by atoms with E-state index in [1.807, 2.05) is 0 Å². The van der Waals surface area contributed by atoms with E-state index in [0.717, 1.165) is 0 Å². The van der Waals surface area contributed by atoms with E-state index < -0.39 is 72.8 Å². The van der Waals surface area contributed by atoms with Crippen molar-refractivity contribution in [2.24, 2.45) is 11.7 Å². The second-order valence-corrected chi connectivity index (χ2v) is 7.69. The van der Waals surface area contributed by atoms with Crippen molar-refractivity contribution in [2.75, 3.05) is 6.61 Å². The summed E-state index contributed by atoms with van der Waals surface area (Å²) in [5, 5.41) is 34.5. The summed E-state index contributed by atoms with van der Waals surface area (Å²) in [6.45, 7) is 2.59. The van der Waals surface area contributed by atoms with Gasteiger partial charge in [0.2, 0.25) is 17.7 Å². The summed E-state index contributed by atoms with van der Waals surface area (Å²) in [7, 11) is 0. The maximum atomic E-state index is 12.8. The number of hydrogen-bond acceptors (Lipinski definition) is 8. The highest BCUT2D eigenvalue weighted by atomic mass is 16.4. The molecule has 1 heterocycles. The monoisotopic (exact) mass is 470 g/mol. The van der Waals surface area contributed by atoms with Gasteiger partial charge in [-0.15, -0.1) is 0 Å². The highest BCUT2D eigenvalue weighted by Crippen LogP contribution is 2.07. The molecule has 33 heavy (non-hydrogen) atoms. The Morgan fingerprint density at radius 2 is 1.67 bits per heavy atom. The summed E-state index contributed by atoms with van der Waals surface area (Å²) in [4.78, 5) is 66.6. The fourth-order valence-electron chi connectivity index (χ4n) is 2.76. The Hall–Kier alpha value is -3.52. The third kappa shape index (κ3) is 9.24. The van der Waals surface area contributed by atoms with Crippen molar-refractivity contribution < 1.29 is 39.3 Å². The molecule has 0 aliphatic heterocycles. The van der Waals surface area contributed by atoms with Crippen molar-refractivity contribution in [1.29, 1.82) is 0 Å². The maximum absolute atomic E-state index is 12.8. The van der Waals surface area contributed by atoms with Crippen LogP contribution in [0.15, 0.2) is 12.5 Å². The molecule has 0 aliphatic rings. The van der Waals surface area contributed by atoms with E-state index in [4.69, 9.17) is 15.9 Å². The van der Waals surface area contributed by atoms with Crippen LogP contribution in [-0.2, 0) is 30.4 Å². The number of hydrogen-bond donors (Lipinski definition) is 8. The molecular formula is C19H30N6O8. The first-order valence-corrected chi connectivity index (χ1v) is 10.2. The van der Waals surface area contributed by atoms with Crippen LogP contribution in [0.4, 0.5) is 0 Å². The molecule has 0 radical (unpaired) electrons. The lowest BCUT2D eigenvalue weighted by Gasteiger charge is -2.26. The van der Waals surface area contributed by atoms with Gasteiger partial charge in [0.1, 0.15) is 24.2 Å². The number of rotatable bonds is 14. The van der Waals surface area contributed by atoms with Crippen LogP contribution in [-0.4, -0.2) is 85.7 Å². The van der Waals surface area contributed by atoms with E-state index in [2.05, 4.69) is 25.9 Å². The molecule has 0 spiro atoms. The fraction of sp³-hybridized carbons (Fsp3) is 0.579. The molecule has 4 atom stereocenters. The van der Waals surface area contributed by atoms with Gasteiger partial charge in [-0.1, -0.05) is 13.8 Å². The highest BCUT2D eigenvalue weighted by molar-refractivity contribution is 5.94. The topological polar surface area (TPSA) is 237 Å². The number of carbonyl (C=O) groups excluding carboxylic acids is 3. The summed E-state index contributed by atoms with van der Waals surface area (Å²) in [5.74, 6) is -5.51. The molecule has 1 aromatic rings. The number of nitrogens with one attached hydrogen (secondary N) is 4. The molecule has 0 fully saturated rings. The van der Waals surface area contributed by atoms with Crippen LogP contribution in [0, 0.1) is 5.92 Å². The highest BCUT2D eigenvalue weighted by Gasteiger charge is 2.32. The Kier molecular flexibility index (Phi) is 10.9. The zero-order valence-corrected chi connectivity index (χ0v) is 18.3. The Morgan fingerprint density at radius 3 is 2.15 bits per heavy atom. The minimum Gasteiger partial charge on any atom is -0.481 e. The summed E-state index contributed by atoms with van der Waals surface area (Å²) in [5.41, 5.74) is 5.89. The molecule has 14 nitrogen and oxygen atoms in total. The zero-order valence-electron chi connectivity index (χ0n) is 18.3. The molecule has 0 saturated heterocycles. The summed E-state index contributed by atoms with van der Waals surface area (Å²) >= 11 is 0. The van der Waals surface area contributed by atoms with E-state index in [1.54, 1.807) is 13.8 Å². The number of aromatic amines is 1. The van der Waals surface area contributed by atoms with E-state index >= 15 is 0 Å². The molecule has 0 bridgehead atoms. The lowest BCUT2D eigenvalue weighted by Crippen LogP contribution is -2.58. The minimum absolute atomic E-state index is 0.121. The van der Waals surface area contributed by atoms with Crippen molar-refractivity contribution in [2.45, 2.75) is 57.3 Å². The van der Waals surface area contributed by atoms with Gasteiger partial charge >= 0.3 is 11.9 Å². The molecular weight excluding hydrogens is 440 g/mol. The van der Waals surface area contributed by atoms with Crippen molar-refractivity contribution in [3.63, 3.8) is 0 Å². The number of carboxylic acid groups (broad SMARTS) is 2. The smallest absolute Gasteiger partial charge is 0.326 e. The molecule has 14 heteroatoms. The third-order valence-electron chi connectivity index (χ3n) is 4.65. The van der Waals surface area contributed by atoms with Crippen LogP contribution in [0.1, 0.15) is 32.4 Å². The van der Waals surface area contributed by atoms with E-state index in [1.165, 1.54) is 12.5 Å². The van der Waals surface area contributed by atoms with Crippen LogP contribution < -0.4 is 21.7 Å². The first-order chi connectivity index (χ1) is 15.5. The van der Waals surface area contributed by atoms with Gasteiger partial charge in [0.25, 0.3) is 0 Å². The van der Waals surface area contributed by atoms with Gasteiger partial charge < -0.3 is 42.0 Å². The lowest BCUT2D eigenvalue weighted by molar-refractivity contribution is -0.143. The standard InChI is InChI=1S/C19H30N6O8/c1-9(2)15(25-16(29)11(20)7-26)18(31)23-12(3-4-14(27)28)17(30)24-13(19(32)33)5-10-6-21-8-22-10/h6,8-9,11-13,15,26H,3-5,7,20H2,1-2H3,(H,21,22)(H,23,31)(H,24,30)(H,25,29)(H,27,28)(H,32,33). The predicted molar refractivity (Wildman–Crippen MR) is 112 cm³/mol. The molecule has 0 aliphatic carbocycles. The molecule has 0 aromatic carbocycles. The minimum atomic E-state index is -1.39. The molecule has 3 amide bonds. The van der Waals surface area contributed by atoms with Crippen LogP contribution in [0.5, 0.6) is 0 Å². The lowest BCUT2D eigenvalue weighted by atomic mass is 10.0. The molecule has 1 rings (SSSR count). The number of aliphatic hydroxyl groups excluding tert-OH is 1. The number of aromatic nitrogens is 2. The Labute approximate surface area is 189 Å². The predicted octanol–water partition coefficient (Wildman–Crippen LogP) is -2.67. The van der Waals surface area contributed by atoms with Crippen molar-refractivity contribution in [3.05, 3.63) is 18.2 Å². The van der Waals surface area contributed by atoms with Crippen molar-refractivity contribution in [3.8, 4) is 0 Å². The number of amides is 3. The zero-order chi connectivity index (χ0) is 25.1. The van der Waals surface area contributed by atoms with E-state index in [-0.39, 0.29) is 12.8 Å². The average Bonchev–Trinajstić information content (AvgIpc) is 3.25. The van der Waals surface area contributed by atoms with Crippen LogP contribution >= 0.6 is 0 Å². The number of carboxylic acids is 2. The second kappa shape index (κ2) is 13.1. The van der Waals surface area contributed by atoms with Gasteiger partial charge in [-0.2, -0.15) is 0 Å². The fourth-order valence-corrected chi connectivity index (χ4v) is 2.76. The van der Waals surface area contributed by atoms with Crippen molar-refractivity contribution >= 4 is 29.7 Å². The first kappa shape index (κ1) is 27.5. The quantitative estimate of drug-likeness (QED) is 0.140. The summed E-state index contributed by atoms with van der Waals surface area (Å²) in [6.07, 6.45) is 1.81. The summed E-state index contributed by atoms with van der Waals surface area (Å²) in [6, 6.07) is -5.16. The van der Waals surface area contributed by atoms with Gasteiger partial charge in [0.05, 0.1) is 12.9 Å². The Bertz CT molecular complexity index is 828. The number of aliphatic carboxylic acids is 2. The Balaban J connectivity index is 2.97.